The molecule has 3 nitrogen and oxygen atoms in total. The highest BCUT2D eigenvalue weighted by Crippen LogP contribution is 2.10. The van der Waals surface area contributed by atoms with Crippen molar-refractivity contribution >= 4 is 0 Å². The molecule has 0 aromatic carbocycles. The molecule has 108 valence electrons. The van der Waals surface area contributed by atoms with E-state index in [1.54, 1.807) is 0 Å². The quantitative estimate of drug-likeness (QED) is 0.670. The first-order valence-corrected chi connectivity index (χ1v) is 7.84. The van der Waals surface area contributed by atoms with Gasteiger partial charge in [-0.15, -0.1) is 0 Å². The molecule has 0 amide bonds. The zero-order valence-electron chi connectivity index (χ0n) is 12.9. The molecule has 1 atom stereocenters. The van der Waals surface area contributed by atoms with Gasteiger partial charge >= 0.3 is 0 Å². The van der Waals surface area contributed by atoms with Gasteiger partial charge in [0.15, 0.2) is 0 Å². The molecule has 0 bridgehead atoms. The summed E-state index contributed by atoms with van der Waals surface area (Å²) < 4.78 is 0. The summed E-state index contributed by atoms with van der Waals surface area (Å²) in [4.78, 5) is 5.30. The molecule has 18 heavy (non-hydrogen) atoms. The van der Waals surface area contributed by atoms with Crippen molar-refractivity contribution in [3.05, 3.63) is 0 Å². The topological polar surface area (TPSA) is 18.5 Å². The smallest absolute Gasteiger partial charge is 0.0219 e. The zero-order valence-corrected chi connectivity index (χ0v) is 12.9. The Bertz CT molecular complexity index is 198. The van der Waals surface area contributed by atoms with Crippen molar-refractivity contribution in [3.8, 4) is 0 Å². The van der Waals surface area contributed by atoms with E-state index in [2.05, 4.69) is 42.8 Å². The molecule has 0 aromatic rings. The number of rotatable bonds is 8. The van der Waals surface area contributed by atoms with Gasteiger partial charge in [-0.25, -0.2) is 0 Å². The van der Waals surface area contributed by atoms with E-state index in [4.69, 9.17) is 0 Å². The Balaban J connectivity index is 2.26. The maximum absolute atomic E-state index is 3.57. The van der Waals surface area contributed by atoms with Gasteiger partial charge in [0, 0.05) is 45.3 Å². The molecule has 1 fully saturated rings. The second kappa shape index (κ2) is 8.89. The predicted molar refractivity (Wildman–Crippen MR) is 80.1 cm³/mol. The van der Waals surface area contributed by atoms with Gasteiger partial charge in [-0.1, -0.05) is 27.7 Å². The third-order valence-electron chi connectivity index (χ3n) is 3.82. The summed E-state index contributed by atoms with van der Waals surface area (Å²) in [5.74, 6) is 0.796. The van der Waals surface area contributed by atoms with Crippen LogP contribution in [0.4, 0.5) is 0 Å². The molecule has 0 radical (unpaired) electrons. The Hall–Kier alpha value is -0.120. The predicted octanol–water partition coefficient (Wildman–Crippen LogP) is 2.04. The Morgan fingerprint density at radius 3 is 2.22 bits per heavy atom. The highest BCUT2D eigenvalue weighted by atomic mass is 15.3. The average Bonchev–Trinajstić information content (AvgIpc) is 2.35. The lowest BCUT2D eigenvalue weighted by Crippen LogP contribution is -2.53. The van der Waals surface area contributed by atoms with Crippen molar-refractivity contribution in [2.24, 2.45) is 5.92 Å². The van der Waals surface area contributed by atoms with E-state index in [0.717, 1.165) is 25.0 Å². The second-order valence-corrected chi connectivity index (χ2v) is 6.00. The Morgan fingerprint density at radius 1 is 1.06 bits per heavy atom. The second-order valence-electron chi connectivity index (χ2n) is 6.00. The van der Waals surface area contributed by atoms with Crippen molar-refractivity contribution in [1.82, 2.24) is 15.1 Å². The van der Waals surface area contributed by atoms with E-state index in [9.17, 15) is 0 Å². The Morgan fingerprint density at radius 2 is 1.72 bits per heavy atom. The van der Waals surface area contributed by atoms with Crippen LogP contribution in [-0.2, 0) is 0 Å². The van der Waals surface area contributed by atoms with Crippen LogP contribution in [0.2, 0.25) is 0 Å². The van der Waals surface area contributed by atoms with E-state index in [-0.39, 0.29) is 0 Å². The maximum atomic E-state index is 3.57. The van der Waals surface area contributed by atoms with Crippen molar-refractivity contribution in [3.63, 3.8) is 0 Å². The fraction of sp³-hybridized carbons (Fsp3) is 1.00. The van der Waals surface area contributed by atoms with Gasteiger partial charge in [0.25, 0.3) is 0 Å². The Labute approximate surface area is 114 Å². The van der Waals surface area contributed by atoms with Crippen molar-refractivity contribution < 1.29 is 0 Å². The van der Waals surface area contributed by atoms with Crippen molar-refractivity contribution in [1.29, 1.82) is 0 Å². The molecule has 1 heterocycles. The van der Waals surface area contributed by atoms with Gasteiger partial charge in [-0.3, -0.25) is 4.90 Å². The van der Waals surface area contributed by atoms with Crippen LogP contribution >= 0.6 is 0 Å². The van der Waals surface area contributed by atoms with Crippen LogP contribution in [0.5, 0.6) is 0 Å². The summed E-state index contributed by atoms with van der Waals surface area (Å²) in [6, 6.07) is 0.734. The monoisotopic (exact) mass is 255 g/mol. The standard InChI is InChI=1S/C15H33N3/c1-5-7-16-12-15(6-2)18-10-8-17(9-11-18)13-14(3)4/h14-16H,5-13H2,1-4H3. The van der Waals surface area contributed by atoms with Crippen LogP contribution in [0.25, 0.3) is 0 Å². The highest BCUT2D eigenvalue weighted by Gasteiger charge is 2.22. The molecule has 1 aliphatic rings. The van der Waals surface area contributed by atoms with E-state index in [0.29, 0.717) is 0 Å². The molecular weight excluding hydrogens is 222 g/mol. The molecule has 1 unspecified atom stereocenters. The summed E-state index contributed by atoms with van der Waals surface area (Å²) >= 11 is 0. The summed E-state index contributed by atoms with van der Waals surface area (Å²) in [5.41, 5.74) is 0. The van der Waals surface area contributed by atoms with Gasteiger partial charge in [0.1, 0.15) is 0 Å². The SMILES string of the molecule is CCCNCC(CC)N1CCN(CC(C)C)CC1. The number of hydrogen-bond donors (Lipinski definition) is 1. The fourth-order valence-electron chi connectivity index (χ4n) is 2.80. The number of piperazine rings is 1. The van der Waals surface area contributed by atoms with Gasteiger partial charge in [-0.05, 0) is 25.3 Å². The van der Waals surface area contributed by atoms with E-state index in [1.165, 1.54) is 45.6 Å². The lowest BCUT2D eigenvalue weighted by atomic mass is 10.1. The van der Waals surface area contributed by atoms with Gasteiger partial charge in [0.2, 0.25) is 0 Å². The summed E-state index contributed by atoms with van der Waals surface area (Å²) in [6.07, 6.45) is 2.50. The lowest BCUT2D eigenvalue weighted by molar-refractivity contribution is 0.0866. The molecule has 3 heteroatoms. The van der Waals surface area contributed by atoms with Crippen LogP contribution in [0.15, 0.2) is 0 Å². The molecule has 1 N–H and O–H groups in total. The molecule has 1 rings (SSSR count). The van der Waals surface area contributed by atoms with E-state index >= 15 is 0 Å². The minimum absolute atomic E-state index is 0.734. The minimum atomic E-state index is 0.734. The van der Waals surface area contributed by atoms with Gasteiger partial charge in [0.05, 0.1) is 0 Å². The van der Waals surface area contributed by atoms with Crippen LogP contribution < -0.4 is 5.32 Å². The summed E-state index contributed by atoms with van der Waals surface area (Å²) in [6.45, 7) is 17.8. The molecule has 0 aromatic heterocycles. The Kier molecular flexibility index (Phi) is 7.87. The third-order valence-corrected chi connectivity index (χ3v) is 3.82. The molecule has 0 saturated carbocycles. The third kappa shape index (κ3) is 5.68. The minimum Gasteiger partial charge on any atom is -0.315 e. The first-order chi connectivity index (χ1) is 8.67. The average molecular weight is 255 g/mol. The number of nitrogens with zero attached hydrogens (tertiary/aromatic N) is 2. The van der Waals surface area contributed by atoms with Crippen LogP contribution in [-0.4, -0.2) is 61.7 Å². The lowest BCUT2D eigenvalue weighted by Gasteiger charge is -2.39. The zero-order chi connectivity index (χ0) is 13.4. The molecular formula is C15H33N3. The largest absolute Gasteiger partial charge is 0.315 e. The van der Waals surface area contributed by atoms with Crippen LogP contribution in [0.1, 0.15) is 40.5 Å². The van der Waals surface area contributed by atoms with Crippen molar-refractivity contribution in [2.45, 2.75) is 46.6 Å². The first kappa shape index (κ1) is 15.9. The van der Waals surface area contributed by atoms with Crippen LogP contribution in [0.3, 0.4) is 0 Å². The van der Waals surface area contributed by atoms with Crippen molar-refractivity contribution in [2.75, 3.05) is 45.8 Å². The number of hydrogen-bond acceptors (Lipinski definition) is 3. The summed E-state index contributed by atoms with van der Waals surface area (Å²) in [5, 5.41) is 3.57. The molecule has 0 spiro atoms. The van der Waals surface area contributed by atoms with Crippen LogP contribution in [0, 0.1) is 5.92 Å². The van der Waals surface area contributed by atoms with Gasteiger partial charge in [-0.2, -0.15) is 0 Å². The van der Waals surface area contributed by atoms with E-state index < -0.39 is 0 Å². The van der Waals surface area contributed by atoms with E-state index in [1.807, 2.05) is 0 Å². The molecule has 1 saturated heterocycles. The highest BCUT2D eigenvalue weighted by molar-refractivity contribution is 4.79. The number of nitrogens with one attached hydrogen (secondary N) is 1. The molecule has 0 aliphatic carbocycles. The maximum Gasteiger partial charge on any atom is 0.0219 e. The van der Waals surface area contributed by atoms with Gasteiger partial charge < -0.3 is 10.2 Å². The summed E-state index contributed by atoms with van der Waals surface area (Å²) in [7, 11) is 0. The normalized spacial score (nSPS) is 20.5. The first-order valence-electron chi connectivity index (χ1n) is 7.84. The molecule has 1 aliphatic heterocycles. The fourth-order valence-corrected chi connectivity index (χ4v) is 2.80.